The SMILES string of the molecule is CC(=O)C1CC(C(=O)N2CCC3(CC2)Nc2ccccc2NC3=O)NN1. The molecular weight excluding hydrogens is 334 g/mol. The molecule has 26 heavy (non-hydrogen) atoms. The predicted octanol–water partition coefficient (Wildman–Crippen LogP) is 0.236. The van der Waals surface area contributed by atoms with Gasteiger partial charge in [-0.1, -0.05) is 12.1 Å². The number of carbonyl (C=O) groups excluding carboxylic acids is 3. The molecule has 0 radical (unpaired) electrons. The quantitative estimate of drug-likeness (QED) is 0.605. The number of para-hydroxylation sites is 2. The molecule has 2 atom stereocenters. The third kappa shape index (κ3) is 2.85. The first-order valence-electron chi connectivity index (χ1n) is 8.97. The molecule has 1 aromatic rings. The van der Waals surface area contributed by atoms with Gasteiger partial charge in [0.2, 0.25) is 11.8 Å². The van der Waals surface area contributed by atoms with E-state index in [4.69, 9.17) is 0 Å². The molecule has 3 aliphatic rings. The third-order valence-corrected chi connectivity index (χ3v) is 5.60. The van der Waals surface area contributed by atoms with Gasteiger partial charge in [-0.3, -0.25) is 14.4 Å². The smallest absolute Gasteiger partial charge is 0.250 e. The lowest BCUT2D eigenvalue weighted by Gasteiger charge is -2.44. The molecule has 3 aliphatic heterocycles. The van der Waals surface area contributed by atoms with Gasteiger partial charge in [-0.25, -0.2) is 10.9 Å². The Morgan fingerprint density at radius 2 is 1.73 bits per heavy atom. The van der Waals surface area contributed by atoms with Crippen LogP contribution in [-0.2, 0) is 14.4 Å². The van der Waals surface area contributed by atoms with Gasteiger partial charge in [0.15, 0.2) is 0 Å². The summed E-state index contributed by atoms with van der Waals surface area (Å²) in [5, 5.41) is 6.36. The second-order valence-electron chi connectivity index (χ2n) is 7.27. The number of nitrogens with one attached hydrogen (secondary N) is 4. The maximum atomic E-state index is 12.7. The molecule has 0 saturated carbocycles. The monoisotopic (exact) mass is 357 g/mol. The van der Waals surface area contributed by atoms with Crippen molar-refractivity contribution in [1.82, 2.24) is 15.8 Å². The zero-order valence-electron chi connectivity index (χ0n) is 14.7. The van der Waals surface area contributed by atoms with Gasteiger partial charge in [0.05, 0.1) is 17.4 Å². The molecule has 1 aromatic carbocycles. The average Bonchev–Trinajstić information content (AvgIpc) is 3.13. The van der Waals surface area contributed by atoms with Crippen molar-refractivity contribution in [2.75, 3.05) is 23.7 Å². The van der Waals surface area contributed by atoms with Crippen molar-refractivity contribution in [2.45, 2.75) is 43.8 Å². The highest BCUT2D eigenvalue weighted by Gasteiger charge is 2.46. The normalized spacial score (nSPS) is 26.8. The molecule has 8 nitrogen and oxygen atoms in total. The second kappa shape index (κ2) is 6.37. The van der Waals surface area contributed by atoms with Gasteiger partial charge in [0.1, 0.15) is 17.4 Å². The predicted molar refractivity (Wildman–Crippen MR) is 96.4 cm³/mol. The number of benzene rings is 1. The number of likely N-dealkylation sites (tertiary alicyclic amines) is 1. The Morgan fingerprint density at radius 3 is 2.38 bits per heavy atom. The molecule has 3 heterocycles. The highest BCUT2D eigenvalue weighted by atomic mass is 16.2. The first-order valence-corrected chi connectivity index (χ1v) is 8.97. The van der Waals surface area contributed by atoms with Crippen LogP contribution in [0.1, 0.15) is 26.2 Å². The largest absolute Gasteiger partial charge is 0.369 e. The molecule has 2 amide bonds. The van der Waals surface area contributed by atoms with E-state index >= 15 is 0 Å². The summed E-state index contributed by atoms with van der Waals surface area (Å²) in [6, 6.07) is 6.92. The van der Waals surface area contributed by atoms with Gasteiger partial charge in [-0.15, -0.1) is 0 Å². The summed E-state index contributed by atoms with van der Waals surface area (Å²) in [5.74, 6) is -0.0412. The lowest BCUT2D eigenvalue weighted by atomic mass is 9.84. The van der Waals surface area contributed by atoms with E-state index in [0.29, 0.717) is 32.4 Å². The summed E-state index contributed by atoms with van der Waals surface area (Å²) in [6.45, 7) is 2.52. The molecule has 2 fully saturated rings. The van der Waals surface area contributed by atoms with Gasteiger partial charge in [-0.05, 0) is 38.3 Å². The van der Waals surface area contributed by atoms with Gasteiger partial charge in [0, 0.05) is 13.1 Å². The fourth-order valence-corrected chi connectivity index (χ4v) is 3.92. The number of hydrogen-bond donors (Lipinski definition) is 4. The number of amides is 2. The van der Waals surface area contributed by atoms with Crippen LogP contribution in [0.25, 0.3) is 0 Å². The lowest BCUT2D eigenvalue weighted by Crippen LogP contribution is -2.60. The lowest BCUT2D eigenvalue weighted by molar-refractivity contribution is -0.136. The Hall–Kier alpha value is -2.45. The number of fused-ring (bicyclic) bond motifs is 1. The summed E-state index contributed by atoms with van der Waals surface area (Å²) < 4.78 is 0. The van der Waals surface area contributed by atoms with Crippen molar-refractivity contribution in [3.05, 3.63) is 24.3 Å². The van der Waals surface area contributed by atoms with Crippen LogP contribution >= 0.6 is 0 Å². The van der Waals surface area contributed by atoms with E-state index in [0.717, 1.165) is 11.4 Å². The maximum absolute atomic E-state index is 12.7. The van der Waals surface area contributed by atoms with Gasteiger partial charge >= 0.3 is 0 Å². The average molecular weight is 357 g/mol. The number of anilines is 2. The summed E-state index contributed by atoms with van der Waals surface area (Å²) in [5.41, 5.74) is 6.83. The Morgan fingerprint density at radius 1 is 1.08 bits per heavy atom. The fourth-order valence-electron chi connectivity index (χ4n) is 3.92. The van der Waals surface area contributed by atoms with Crippen LogP contribution in [0, 0.1) is 0 Å². The highest BCUT2D eigenvalue weighted by Crippen LogP contribution is 2.36. The topological polar surface area (TPSA) is 103 Å². The van der Waals surface area contributed by atoms with Crippen molar-refractivity contribution in [3.63, 3.8) is 0 Å². The van der Waals surface area contributed by atoms with Gasteiger partial charge in [-0.2, -0.15) is 0 Å². The summed E-state index contributed by atoms with van der Waals surface area (Å²) in [4.78, 5) is 38.6. The van der Waals surface area contributed by atoms with Crippen molar-refractivity contribution in [3.8, 4) is 0 Å². The molecule has 4 N–H and O–H groups in total. The minimum atomic E-state index is -0.672. The second-order valence-corrected chi connectivity index (χ2v) is 7.27. The van der Waals surface area contributed by atoms with Crippen molar-refractivity contribution >= 4 is 29.0 Å². The maximum Gasteiger partial charge on any atom is 0.250 e. The molecule has 0 aliphatic carbocycles. The van der Waals surface area contributed by atoms with Crippen molar-refractivity contribution < 1.29 is 14.4 Å². The van der Waals surface area contributed by atoms with Crippen molar-refractivity contribution in [2.24, 2.45) is 0 Å². The Balaban J connectivity index is 1.41. The minimum Gasteiger partial charge on any atom is -0.369 e. The molecule has 2 saturated heterocycles. The zero-order chi connectivity index (χ0) is 18.3. The molecule has 4 rings (SSSR count). The summed E-state index contributed by atoms with van der Waals surface area (Å²) in [6.07, 6.45) is 1.56. The van der Waals surface area contributed by atoms with Crippen LogP contribution in [0.15, 0.2) is 24.3 Å². The number of Topliss-reactive ketones (excluding diaryl/α,β-unsaturated/α-hetero) is 1. The van der Waals surface area contributed by atoms with Crippen LogP contribution in [0.3, 0.4) is 0 Å². The number of carbonyl (C=O) groups is 3. The first kappa shape index (κ1) is 17.0. The van der Waals surface area contributed by atoms with Crippen LogP contribution in [0.5, 0.6) is 0 Å². The standard InChI is InChI=1S/C18H23N5O3/c1-11(24)14-10-15(22-21-14)16(25)23-8-6-18(7-9-23)17(26)19-12-4-2-3-5-13(12)20-18/h2-5,14-15,20-22H,6-10H2,1H3,(H,19,26). The molecule has 0 bridgehead atoms. The van der Waals surface area contributed by atoms with E-state index < -0.39 is 11.6 Å². The van der Waals surface area contributed by atoms with E-state index in [1.165, 1.54) is 6.92 Å². The Kier molecular flexibility index (Phi) is 4.16. The molecule has 1 spiro atoms. The number of ketones is 1. The number of nitrogens with zero attached hydrogens (tertiary/aromatic N) is 1. The fraction of sp³-hybridized carbons (Fsp3) is 0.500. The summed E-state index contributed by atoms with van der Waals surface area (Å²) >= 11 is 0. The molecule has 8 heteroatoms. The first-order chi connectivity index (χ1) is 12.5. The Labute approximate surface area is 151 Å². The zero-order valence-corrected chi connectivity index (χ0v) is 14.7. The number of hydrazine groups is 1. The van der Waals surface area contributed by atoms with Gasteiger partial charge < -0.3 is 15.5 Å². The highest BCUT2D eigenvalue weighted by molar-refractivity contribution is 6.06. The van der Waals surface area contributed by atoms with Crippen LogP contribution in [0.4, 0.5) is 11.4 Å². The molecule has 2 unspecified atom stereocenters. The van der Waals surface area contributed by atoms with E-state index in [2.05, 4.69) is 21.5 Å². The van der Waals surface area contributed by atoms with E-state index in [-0.39, 0.29) is 23.6 Å². The minimum absolute atomic E-state index is 0.0205. The third-order valence-electron chi connectivity index (χ3n) is 5.60. The van der Waals surface area contributed by atoms with Crippen LogP contribution in [-0.4, -0.2) is 53.2 Å². The molecule has 0 aromatic heterocycles. The number of rotatable bonds is 2. The van der Waals surface area contributed by atoms with Gasteiger partial charge in [0.25, 0.3) is 0 Å². The van der Waals surface area contributed by atoms with E-state index in [1.807, 2.05) is 24.3 Å². The van der Waals surface area contributed by atoms with Crippen LogP contribution in [0.2, 0.25) is 0 Å². The Bertz CT molecular complexity index is 757. The van der Waals surface area contributed by atoms with E-state index in [1.54, 1.807) is 4.90 Å². The van der Waals surface area contributed by atoms with Crippen molar-refractivity contribution in [1.29, 1.82) is 0 Å². The number of hydrogen-bond acceptors (Lipinski definition) is 6. The summed E-state index contributed by atoms with van der Waals surface area (Å²) in [7, 11) is 0. The number of piperidine rings is 1. The molecular formula is C18H23N5O3. The van der Waals surface area contributed by atoms with Crippen LogP contribution < -0.4 is 21.5 Å². The molecule has 138 valence electrons. The van der Waals surface area contributed by atoms with E-state index in [9.17, 15) is 14.4 Å².